The first kappa shape index (κ1) is 29.7. The van der Waals surface area contributed by atoms with Gasteiger partial charge in [0, 0.05) is 6.42 Å². The fourth-order valence-corrected chi connectivity index (χ4v) is 2.72. The molecule has 33 heavy (non-hydrogen) atoms. The number of amides is 4. The topological polar surface area (TPSA) is 251 Å². The van der Waals surface area contributed by atoms with Crippen molar-refractivity contribution in [3.05, 3.63) is 0 Å². The van der Waals surface area contributed by atoms with Crippen LogP contribution in [0.1, 0.15) is 46.5 Å². The number of carboxylic acid groups (broad SMARTS) is 2. The Kier molecular flexibility index (Phi) is 12.6. The maximum atomic E-state index is 12.8. The van der Waals surface area contributed by atoms with Gasteiger partial charge >= 0.3 is 11.9 Å². The van der Waals surface area contributed by atoms with Gasteiger partial charge in [0.2, 0.25) is 23.6 Å². The number of carbonyl (C=O) groups excluding carboxylic acids is 4. The SMILES string of the molecule is CC(C)CC(NC(=O)C(N)CCC(=O)O)C(=O)NC(CC(N)=O)C(=O)NC(C(=O)O)C(C)O. The number of hydrogen-bond acceptors (Lipinski definition) is 8. The zero-order valence-corrected chi connectivity index (χ0v) is 18.7. The molecule has 5 unspecified atom stereocenters. The van der Waals surface area contributed by atoms with Crippen molar-refractivity contribution < 1.29 is 44.1 Å². The number of aliphatic hydroxyl groups excluding tert-OH is 1. The van der Waals surface area contributed by atoms with E-state index in [1.54, 1.807) is 13.8 Å². The van der Waals surface area contributed by atoms with Crippen LogP contribution >= 0.6 is 0 Å². The van der Waals surface area contributed by atoms with Gasteiger partial charge in [0.05, 0.1) is 18.6 Å². The van der Waals surface area contributed by atoms with E-state index in [9.17, 15) is 33.9 Å². The molecule has 0 saturated carbocycles. The third-order valence-electron chi connectivity index (χ3n) is 4.43. The second-order valence-electron chi connectivity index (χ2n) is 8.03. The standard InChI is InChI=1S/C19H33N5O9/c1-8(2)6-11(22-16(29)10(20)4-5-14(27)28)17(30)23-12(7-13(21)26)18(31)24-15(9(3)25)19(32)33/h8-12,15,25H,4-7,20H2,1-3H3,(H2,21,26)(H,22,29)(H,23,30)(H,24,31)(H,27,28)(H,32,33). The first-order valence-electron chi connectivity index (χ1n) is 10.2. The Morgan fingerprint density at radius 3 is 1.79 bits per heavy atom. The predicted octanol–water partition coefficient (Wildman–Crippen LogP) is -2.98. The van der Waals surface area contributed by atoms with Crippen molar-refractivity contribution >= 4 is 35.6 Å². The number of primary amides is 1. The van der Waals surface area contributed by atoms with E-state index in [1.807, 2.05) is 5.32 Å². The average molecular weight is 475 g/mol. The number of rotatable bonds is 15. The van der Waals surface area contributed by atoms with E-state index in [1.165, 1.54) is 0 Å². The Labute approximate surface area is 190 Å². The zero-order chi connectivity index (χ0) is 25.9. The first-order chi connectivity index (χ1) is 15.1. The van der Waals surface area contributed by atoms with E-state index in [2.05, 4.69) is 10.6 Å². The number of hydrogen-bond donors (Lipinski definition) is 8. The molecular formula is C19H33N5O9. The molecule has 0 saturated heterocycles. The summed E-state index contributed by atoms with van der Waals surface area (Å²) in [7, 11) is 0. The van der Waals surface area contributed by atoms with Crippen LogP contribution in [0.2, 0.25) is 0 Å². The molecule has 0 aliphatic carbocycles. The van der Waals surface area contributed by atoms with E-state index in [4.69, 9.17) is 21.7 Å². The van der Waals surface area contributed by atoms with Gasteiger partial charge in [0.1, 0.15) is 12.1 Å². The minimum absolute atomic E-state index is 0.105. The van der Waals surface area contributed by atoms with E-state index < -0.39 is 72.3 Å². The highest BCUT2D eigenvalue weighted by atomic mass is 16.4. The molecule has 0 bridgehead atoms. The van der Waals surface area contributed by atoms with E-state index in [-0.39, 0.29) is 25.2 Å². The monoisotopic (exact) mass is 475 g/mol. The summed E-state index contributed by atoms with van der Waals surface area (Å²) in [6, 6.07) is -5.68. The normalized spacial score (nSPS) is 15.5. The smallest absolute Gasteiger partial charge is 0.328 e. The van der Waals surface area contributed by atoms with Gasteiger partial charge in [-0.05, 0) is 25.7 Å². The number of carboxylic acids is 2. The van der Waals surface area contributed by atoms with Gasteiger partial charge in [-0.25, -0.2) is 4.79 Å². The number of aliphatic hydroxyl groups is 1. The first-order valence-corrected chi connectivity index (χ1v) is 10.2. The highest BCUT2D eigenvalue weighted by Crippen LogP contribution is 2.08. The molecule has 10 N–H and O–H groups in total. The molecule has 0 aromatic rings. The zero-order valence-electron chi connectivity index (χ0n) is 18.7. The average Bonchev–Trinajstić information content (AvgIpc) is 2.67. The Morgan fingerprint density at radius 1 is 0.848 bits per heavy atom. The second kappa shape index (κ2) is 14.0. The van der Waals surface area contributed by atoms with Crippen molar-refractivity contribution in [2.24, 2.45) is 17.4 Å². The molecule has 5 atom stereocenters. The van der Waals surface area contributed by atoms with Gasteiger partial charge in [-0.1, -0.05) is 13.8 Å². The maximum Gasteiger partial charge on any atom is 0.328 e. The van der Waals surface area contributed by atoms with Gasteiger partial charge in [-0.3, -0.25) is 24.0 Å². The summed E-state index contributed by atoms with van der Waals surface area (Å²) in [5.41, 5.74) is 10.8. The van der Waals surface area contributed by atoms with Gasteiger partial charge < -0.3 is 42.7 Å². The number of aliphatic carboxylic acids is 2. The van der Waals surface area contributed by atoms with Crippen LogP contribution in [0, 0.1) is 5.92 Å². The highest BCUT2D eigenvalue weighted by molar-refractivity contribution is 5.96. The minimum atomic E-state index is -1.71. The summed E-state index contributed by atoms with van der Waals surface area (Å²) in [6.07, 6.45) is -2.56. The van der Waals surface area contributed by atoms with Crippen molar-refractivity contribution in [2.75, 3.05) is 0 Å². The fourth-order valence-electron chi connectivity index (χ4n) is 2.72. The summed E-state index contributed by atoms with van der Waals surface area (Å²) in [5, 5.41) is 34.0. The van der Waals surface area contributed by atoms with Crippen LogP contribution < -0.4 is 27.4 Å². The van der Waals surface area contributed by atoms with Gasteiger partial charge in [0.25, 0.3) is 0 Å². The van der Waals surface area contributed by atoms with E-state index >= 15 is 0 Å². The lowest BCUT2D eigenvalue weighted by molar-refractivity contribution is -0.145. The van der Waals surface area contributed by atoms with E-state index in [0.29, 0.717) is 0 Å². The lowest BCUT2D eigenvalue weighted by Gasteiger charge is -2.26. The molecule has 0 aliphatic heterocycles. The van der Waals surface area contributed by atoms with Crippen molar-refractivity contribution in [3.8, 4) is 0 Å². The molecule has 188 valence electrons. The van der Waals surface area contributed by atoms with Crippen LogP contribution in [0.25, 0.3) is 0 Å². The van der Waals surface area contributed by atoms with Crippen molar-refractivity contribution in [3.63, 3.8) is 0 Å². The van der Waals surface area contributed by atoms with Gasteiger partial charge in [-0.15, -0.1) is 0 Å². The van der Waals surface area contributed by atoms with Crippen LogP contribution in [0.4, 0.5) is 0 Å². The Bertz CT molecular complexity index is 741. The number of nitrogens with one attached hydrogen (secondary N) is 3. The van der Waals surface area contributed by atoms with Crippen molar-refractivity contribution in [1.29, 1.82) is 0 Å². The molecule has 0 aromatic heterocycles. The summed E-state index contributed by atoms with van der Waals surface area (Å²) in [6.45, 7) is 4.64. The van der Waals surface area contributed by atoms with Gasteiger partial charge in [-0.2, -0.15) is 0 Å². The third kappa shape index (κ3) is 11.8. The quantitative estimate of drug-likeness (QED) is 0.119. The van der Waals surface area contributed by atoms with E-state index in [0.717, 1.165) is 6.92 Å². The molecule has 0 radical (unpaired) electrons. The molecule has 4 amide bonds. The van der Waals surface area contributed by atoms with Crippen LogP contribution in [0.5, 0.6) is 0 Å². The molecule has 0 aliphatic rings. The number of carbonyl (C=O) groups is 6. The molecule has 0 fully saturated rings. The summed E-state index contributed by atoms with van der Waals surface area (Å²) < 4.78 is 0. The molecule has 14 heteroatoms. The number of nitrogens with two attached hydrogens (primary N) is 2. The van der Waals surface area contributed by atoms with Crippen LogP contribution in [-0.4, -0.2) is 81.2 Å². The van der Waals surface area contributed by atoms with Crippen LogP contribution in [-0.2, 0) is 28.8 Å². The summed E-state index contributed by atoms with van der Waals surface area (Å²) in [5.74, 6) is -6.50. The van der Waals surface area contributed by atoms with Crippen LogP contribution in [0.3, 0.4) is 0 Å². The molecule has 0 heterocycles. The Morgan fingerprint density at radius 2 is 1.36 bits per heavy atom. The second-order valence-corrected chi connectivity index (χ2v) is 8.03. The molecule has 0 rings (SSSR count). The minimum Gasteiger partial charge on any atom is -0.481 e. The third-order valence-corrected chi connectivity index (χ3v) is 4.43. The molecule has 0 aromatic carbocycles. The predicted molar refractivity (Wildman–Crippen MR) is 113 cm³/mol. The maximum absolute atomic E-state index is 12.8. The van der Waals surface area contributed by atoms with Crippen molar-refractivity contribution in [2.45, 2.75) is 76.7 Å². The molecule has 14 nitrogen and oxygen atoms in total. The largest absolute Gasteiger partial charge is 0.481 e. The molecule has 0 spiro atoms. The lowest BCUT2D eigenvalue weighted by atomic mass is 10.0. The van der Waals surface area contributed by atoms with Crippen molar-refractivity contribution in [1.82, 2.24) is 16.0 Å². The Balaban J connectivity index is 5.49. The van der Waals surface area contributed by atoms with Crippen LogP contribution in [0.15, 0.2) is 0 Å². The Hall–Kier alpha value is -3.26. The highest BCUT2D eigenvalue weighted by Gasteiger charge is 2.32. The summed E-state index contributed by atoms with van der Waals surface area (Å²) in [4.78, 5) is 70.8. The lowest BCUT2D eigenvalue weighted by Crippen LogP contribution is -2.59. The van der Waals surface area contributed by atoms with Gasteiger partial charge in [0.15, 0.2) is 6.04 Å². The fraction of sp³-hybridized carbons (Fsp3) is 0.684. The summed E-state index contributed by atoms with van der Waals surface area (Å²) >= 11 is 0. The molecular weight excluding hydrogens is 442 g/mol.